The van der Waals surface area contributed by atoms with Crippen molar-refractivity contribution >= 4 is 28.3 Å². The highest BCUT2D eigenvalue weighted by Gasteiger charge is 2.34. The number of carbonyl (C=O) groups is 2. The number of aromatic nitrogens is 1. The first kappa shape index (κ1) is 11.8. The molecule has 90 valence electrons. The van der Waals surface area contributed by atoms with E-state index in [-0.39, 0.29) is 5.91 Å². The first-order chi connectivity index (χ1) is 8.18. The number of aliphatic carboxylic acids is 1. The number of carboxylic acids is 1. The summed E-state index contributed by atoms with van der Waals surface area (Å²) >= 11 is 1.32. The van der Waals surface area contributed by atoms with Crippen LogP contribution in [-0.4, -0.2) is 22.0 Å². The Balaban J connectivity index is 2.07. The van der Waals surface area contributed by atoms with Crippen molar-refractivity contribution in [3.8, 4) is 0 Å². The van der Waals surface area contributed by atoms with E-state index < -0.39 is 17.8 Å². The number of hydrogen-bond donors (Lipinski definition) is 2. The molecule has 6 heteroatoms. The molecule has 0 spiro atoms. The molecule has 0 fully saturated rings. The zero-order chi connectivity index (χ0) is 12.3. The van der Waals surface area contributed by atoms with Crippen LogP contribution in [0.15, 0.2) is 23.7 Å². The normalized spacial score (nSPS) is 23.3. The Morgan fingerprint density at radius 3 is 2.65 bits per heavy atom. The smallest absolute Gasteiger partial charge is 0.307 e. The molecule has 17 heavy (non-hydrogen) atoms. The molecule has 0 unspecified atom stereocenters. The summed E-state index contributed by atoms with van der Waals surface area (Å²) in [5, 5.41) is 14.0. The Morgan fingerprint density at radius 1 is 1.35 bits per heavy atom. The average molecular weight is 252 g/mol. The number of nitrogens with one attached hydrogen (secondary N) is 1. The molecule has 0 radical (unpaired) electrons. The summed E-state index contributed by atoms with van der Waals surface area (Å²) in [7, 11) is 0. The SMILES string of the molecule is O=C(O)[C@H]1CC=CC[C@H]1C(=O)Nc1nccs1. The number of nitrogens with zero attached hydrogens (tertiary/aromatic N) is 1. The topological polar surface area (TPSA) is 79.3 Å². The third-order valence-electron chi connectivity index (χ3n) is 2.75. The zero-order valence-corrected chi connectivity index (χ0v) is 9.81. The number of carbonyl (C=O) groups excluding carboxylic acids is 1. The van der Waals surface area contributed by atoms with E-state index in [9.17, 15) is 9.59 Å². The van der Waals surface area contributed by atoms with Crippen LogP contribution in [0.25, 0.3) is 0 Å². The highest BCUT2D eigenvalue weighted by atomic mass is 32.1. The molecule has 2 atom stereocenters. The van der Waals surface area contributed by atoms with Crippen molar-refractivity contribution in [1.29, 1.82) is 0 Å². The Labute approximate surface area is 102 Å². The number of amides is 1. The first-order valence-corrected chi connectivity index (χ1v) is 6.14. The van der Waals surface area contributed by atoms with Crippen molar-refractivity contribution in [2.24, 2.45) is 11.8 Å². The first-order valence-electron chi connectivity index (χ1n) is 5.26. The van der Waals surface area contributed by atoms with Crippen LogP contribution < -0.4 is 5.32 Å². The van der Waals surface area contributed by atoms with E-state index >= 15 is 0 Å². The molecule has 0 aromatic carbocycles. The van der Waals surface area contributed by atoms with Crippen LogP contribution in [0.5, 0.6) is 0 Å². The van der Waals surface area contributed by atoms with Gasteiger partial charge in [-0.3, -0.25) is 9.59 Å². The summed E-state index contributed by atoms with van der Waals surface area (Å²) < 4.78 is 0. The molecular weight excluding hydrogens is 240 g/mol. The van der Waals surface area contributed by atoms with E-state index in [0.29, 0.717) is 18.0 Å². The van der Waals surface area contributed by atoms with Gasteiger partial charge in [-0.1, -0.05) is 12.2 Å². The Kier molecular flexibility index (Phi) is 3.53. The molecule has 5 nitrogen and oxygen atoms in total. The van der Waals surface area contributed by atoms with E-state index in [1.54, 1.807) is 11.6 Å². The van der Waals surface area contributed by atoms with Gasteiger partial charge in [0.15, 0.2) is 5.13 Å². The summed E-state index contributed by atoms with van der Waals surface area (Å²) in [6.07, 6.45) is 6.13. The fourth-order valence-corrected chi connectivity index (χ4v) is 2.39. The number of rotatable bonds is 3. The monoisotopic (exact) mass is 252 g/mol. The largest absolute Gasteiger partial charge is 0.481 e. The lowest BCUT2D eigenvalue weighted by molar-refractivity contribution is -0.146. The predicted octanol–water partition coefficient (Wildman–Crippen LogP) is 1.75. The van der Waals surface area contributed by atoms with Crippen LogP contribution in [0, 0.1) is 11.8 Å². The lowest BCUT2D eigenvalue weighted by Crippen LogP contribution is -2.34. The minimum absolute atomic E-state index is 0.267. The summed E-state index contributed by atoms with van der Waals surface area (Å²) in [5.41, 5.74) is 0. The van der Waals surface area contributed by atoms with Crippen LogP contribution in [-0.2, 0) is 9.59 Å². The number of anilines is 1. The van der Waals surface area contributed by atoms with E-state index in [2.05, 4.69) is 10.3 Å². The standard InChI is InChI=1S/C11H12N2O3S/c14-9(13-11-12-5-6-17-11)7-3-1-2-4-8(7)10(15)16/h1-2,5-8H,3-4H2,(H,15,16)(H,12,13,14)/t7-,8+/m1/s1. The molecule has 1 heterocycles. The van der Waals surface area contributed by atoms with E-state index in [0.717, 1.165) is 0 Å². The molecule has 0 saturated heterocycles. The minimum atomic E-state index is -0.923. The summed E-state index contributed by atoms with van der Waals surface area (Å²) in [6, 6.07) is 0. The molecule has 0 aliphatic heterocycles. The predicted molar refractivity (Wildman–Crippen MR) is 63.7 cm³/mol. The van der Waals surface area contributed by atoms with Crippen molar-refractivity contribution < 1.29 is 14.7 Å². The van der Waals surface area contributed by atoms with Gasteiger partial charge in [-0.05, 0) is 12.8 Å². The van der Waals surface area contributed by atoms with E-state index in [4.69, 9.17) is 5.11 Å². The maximum absolute atomic E-state index is 11.9. The Bertz CT molecular complexity index is 442. The Morgan fingerprint density at radius 2 is 2.06 bits per heavy atom. The van der Waals surface area contributed by atoms with Gasteiger partial charge in [0.2, 0.25) is 5.91 Å². The van der Waals surface area contributed by atoms with Crippen LogP contribution >= 0.6 is 11.3 Å². The molecule has 1 aliphatic carbocycles. The molecule has 1 aromatic heterocycles. The molecular formula is C11H12N2O3S. The number of carboxylic acid groups (broad SMARTS) is 1. The summed E-state index contributed by atoms with van der Waals surface area (Å²) in [5.74, 6) is -2.34. The molecule has 0 saturated carbocycles. The van der Waals surface area contributed by atoms with E-state index in [1.165, 1.54) is 11.3 Å². The van der Waals surface area contributed by atoms with Gasteiger partial charge >= 0.3 is 5.97 Å². The lowest BCUT2D eigenvalue weighted by atomic mass is 9.82. The molecule has 1 amide bonds. The fraction of sp³-hybridized carbons (Fsp3) is 0.364. The summed E-state index contributed by atoms with van der Waals surface area (Å²) in [6.45, 7) is 0. The van der Waals surface area contributed by atoms with Crippen molar-refractivity contribution in [2.75, 3.05) is 5.32 Å². The molecule has 2 rings (SSSR count). The van der Waals surface area contributed by atoms with Crippen molar-refractivity contribution in [1.82, 2.24) is 4.98 Å². The van der Waals surface area contributed by atoms with Crippen LogP contribution in [0.3, 0.4) is 0 Å². The van der Waals surface area contributed by atoms with Gasteiger partial charge in [0.25, 0.3) is 0 Å². The van der Waals surface area contributed by atoms with Gasteiger partial charge in [0.05, 0.1) is 11.8 Å². The van der Waals surface area contributed by atoms with Gasteiger partial charge in [-0.15, -0.1) is 11.3 Å². The van der Waals surface area contributed by atoms with Crippen LogP contribution in [0.4, 0.5) is 5.13 Å². The lowest BCUT2D eigenvalue weighted by Gasteiger charge is -2.23. The van der Waals surface area contributed by atoms with Gasteiger partial charge < -0.3 is 10.4 Å². The second-order valence-corrected chi connectivity index (χ2v) is 4.72. The fourth-order valence-electron chi connectivity index (χ4n) is 1.86. The second kappa shape index (κ2) is 5.09. The maximum atomic E-state index is 11.9. The molecule has 1 aliphatic rings. The second-order valence-electron chi connectivity index (χ2n) is 3.82. The highest BCUT2D eigenvalue weighted by molar-refractivity contribution is 7.13. The minimum Gasteiger partial charge on any atom is -0.481 e. The van der Waals surface area contributed by atoms with Crippen LogP contribution in [0.1, 0.15) is 12.8 Å². The summed E-state index contributed by atoms with van der Waals surface area (Å²) in [4.78, 5) is 26.9. The molecule has 2 N–H and O–H groups in total. The highest BCUT2D eigenvalue weighted by Crippen LogP contribution is 2.27. The quantitative estimate of drug-likeness (QED) is 0.803. The molecule has 1 aromatic rings. The van der Waals surface area contributed by atoms with Crippen molar-refractivity contribution in [3.63, 3.8) is 0 Å². The van der Waals surface area contributed by atoms with Crippen molar-refractivity contribution in [2.45, 2.75) is 12.8 Å². The van der Waals surface area contributed by atoms with Gasteiger partial charge in [0.1, 0.15) is 0 Å². The number of thiazole rings is 1. The third kappa shape index (κ3) is 2.71. The maximum Gasteiger partial charge on any atom is 0.307 e. The Hall–Kier alpha value is -1.69. The van der Waals surface area contributed by atoms with Crippen molar-refractivity contribution in [3.05, 3.63) is 23.7 Å². The van der Waals surface area contributed by atoms with E-state index in [1.807, 2.05) is 12.2 Å². The molecule has 0 bridgehead atoms. The third-order valence-corrected chi connectivity index (χ3v) is 3.44. The van der Waals surface area contributed by atoms with Gasteiger partial charge in [-0.2, -0.15) is 0 Å². The number of hydrogen-bond acceptors (Lipinski definition) is 4. The average Bonchev–Trinajstić information content (AvgIpc) is 2.81. The zero-order valence-electron chi connectivity index (χ0n) is 9.00. The van der Waals surface area contributed by atoms with Gasteiger partial charge in [0, 0.05) is 11.6 Å². The number of allylic oxidation sites excluding steroid dienone is 2. The van der Waals surface area contributed by atoms with Gasteiger partial charge in [-0.25, -0.2) is 4.98 Å². The van der Waals surface area contributed by atoms with Crippen LogP contribution in [0.2, 0.25) is 0 Å².